The van der Waals surface area contributed by atoms with Gasteiger partial charge in [-0.25, -0.2) is 13.8 Å². The summed E-state index contributed by atoms with van der Waals surface area (Å²) in [5, 5.41) is 16.5. The number of H-pyrrole nitrogens is 1. The molecule has 1 aliphatic rings. The van der Waals surface area contributed by atoms with Crippen LogP contribution in [0, 0.1) is 29.9 Å². The largest absolute Gasteiger partial charge is 0.366 e. The van der Waals surface area contributed by atoms with Crippen LogP contribution in [-0.2, 0) is 6.42 Å². The SMILES string of the molecule is Cc1[nH]c2c(F)cc(F)cc2c1CCNc1ncc(C#N)c(NC2CCCCC2)n1. The van der Waals surface area contributed by atoms with Crippen molar-refractivity contribution in [1.29, 1.82) is 5.26 Å². The van der Waals surface area contributed by atoms with Crippen molar-refractivity contribution >= 4 is 22.7 Å². The minimum Gasteiger partial charge on any atom is -0.366 e. The number of aryl methyl sites for hydroxylation is 1. The van der Waals surface area contributed by atoms with E-state index in [1.54, 1.807) is 0 Å². The number of hydrogen-bond acceptors (Lipinski definition) is 5. The third kappa shape index (κ3) is 4.20. The molecule has 3 N–H and O–H groups in total. The van der Waals surface area contributed by atoms with E-state index in [1.165, 1.54) is 31.5 Å². The summed E-state index contributed by atoms with van der Waals surface area (Å²) in [4.78, 5) is 11.7. The Labute approximate surface area is 173 Å². The molecular formula is C22H24F2N6. The molecular weight excluding hydrogens is 386 g/mol. The monoisotopic (exact) mass is 410 g/mol. The molecule has 1 aromatic carbocycles. The molecule has 0 unspecified atom stereocenters. The first-order valence-corrected chi connectivity index (χ1v) is 10.3. The van der Waals surface area contributed by atoms with Crippen LogP contribution in [0.25, 0.3) is 10.9 Å². The summed E-state index contributed by atoms with van der Waals surface area (Å²) in [6, 6.07) is 4.69. The van der Waals surface area contributed by atoms with Gasteiger partial charge < -0.3 is 15.6 Å². The summed E-state index contributed by atoms with van der Waals surface area (Å²) in [7, 11) is 0. The minimum atomic E-state index is -0.596. The van der Waals surface area contributed by atoms with Gasteiger partial charge in [-0.05, 0) is 37.8 Å². The molecule has 0 radical (unpaired) electrons. The van der Waals surface area contributed by atoms with Crippen molar-refractivity contribution in [2.75, 3.05) is 17.2 Å². The summed E-state index contributed by atoms with van der Waals surface area (Å²) >= 11 is 0. The smallest absolute Gasteiger partial charge is 0.224 e. The van der Waals surface area contributed by atoms with E-state index in [-0.39, 0.29) is 0 Å². The first-order chi connectivity index (χ1) is 14.5. The number of halogens is 2. The van der Waals surface area contributed by atoms with Crippen LogP contribution in [0.15, 0.2) is 18.3 Å². The van der Waals surface area contributed by atoms with Gasteiger partial charge in [0, 0.05) is 29.7 Å². The number of nitrogens with one attached hydrogen (secondary N) is 3. The van der Waals surface area contributed by atoms with Crippen LogP contribution in [-0.4, -0.2) is 27.5 Å². The first-order valence-electron chi connectivity index (χ1n) is 10.3. The number of rotatable bonds is 6. The zero-order chi connectivity index (χ0) is 21.1. The second kappa shape index (κ2) is 8.66. The van der Waals surface area contributed by atoms with Crippen molar-refractivity contribution in [1.82, 2.24) is 15.0 Å². The fraction of sp³-hybridized carbons (Fsp3) is 0.409. The van der Waals surface area contributed by atoms with Gasteiger partial charge in [-0.1, -0.05) is 19.3 Å². The molecule has 0 aliphatic heterocycles. The van der Waals surface area contributed by atoms with E-state index in [9.17, 15) is 14.0 Å². The van der Waals surface area contributed by atoms with Crippen molar-refractivity contribution in [3.05, 3.63) is 46.8 Å². The number of anilines is 2. The number of aromatic nitrogens is 3. The molecule has 8 heteroatoms. The van der Waals surface area contributed by atoms with Crippen LogP contribution < -0.4 is 10.6 Å². The topological polar surface area (TPSA) is 89.4 Å². The summed E-state index contributed by atoms with van der Waals surface area (Å²) < 4.78 is 27.7. The van der Waals surface area contributed by atoms with Crippen molar-refractivity contribution in [2.24, 2.45) is 0 Å². The molecule has 30 heavy (non-hydrogen) atoms. The van der Waals surface area contributed by atoms with Crippen molar-refractivity contribution in [3.63, 3.8) is 0 Å². The van der Waals surface area contributed by atoms with Crippen LogP contribution in [0.3, 0.4) is 0 Å². The minimum absolute atomic E-state index is 0.317. The highest BCUT2D eigenvalue weighted by Gasteiger charge is 2.17. The van der Waals surface area contributed by atoms with Crippen LogP contribution in [0.4, 0.5) is 20.5 Å². The highest BCUT2D eigenvalue weighted by molar-refractivity contribution is 5.85. The summed E-state index contributed by atoms with van der Waals surface area (Å²) in [6.07, 6.45) is 7.82. The lowest BCUT2D eigenvalue weighted by atomic mass is 9.95. The number of hydrogen-bond donors (Lipinski definition) is 3. The molecule has 0 bridgehead atoms. The summed E-state index contributed by atoms with van der Waals surface area (Å²) in [5.41, 5.74) is 2.39. The maximum Gasteiger partial charge on any atom is 0.224 e. The fourth-order valence-electron chi connectivity index (χ4n) is 4.12. The average molecular weight is 410 g/mol. The lowest BCUT2D eigenvalue weighted by Crippen LogP contribution is -2.24. The van der Waals surface area contributed by atoms with Crippen LogP contribution >= 0.6 is 0 Å². The molecule has 0 spiro atoms. The number of nitriles is 1. The quantitative estimate of drug-likeness (QED) is 0.542. The van der Waals surface area contributed by atoms with Gasteiger partial charge in [0.25, 0.3) is 0 Å². The van der Waals surface area contributed by atoms with E-state index in [4.69, 9.17) is 0 Å². The number of nitrogens with zero attached hydrogens (tertiary/aromatic N) is 3. The Bertz CT molecular complexity index is 1100. The predicted molar refractivity (Wildman–Crippen MR) is 112 cm³/mol. The molecule has 4 rings (SSSR count). The highest BCUT2D eigenvalue weighted by Crippen LogP contribution is 2.26. The van der Waals surface area contributed by atoms with Gasteiger partial charge in [0.1, 0.15) is 29.1 Å². The lowest BCUT2D eigenvalue weighted by molar-refractivity contribution is 0.462. The normalized spacial score (nSPS) is 14.6. The molecule has 1 aliphatic carbocycles. The second-order valence-electron chi connectivity index (χ2n) is 7.76. The highest BCUT2D eigenvalue weighted by atomic mass is 19.1. The zero-order valence-corrected chi connectivity index (χ0v) is 16.9. The first kappa shape index (κ1) is 20.1. The zero-order valence-electron chi connectivity index (χ0n) is 16.9. The van der Waals surface area contributed by atoms with Crippen molar-refractivity contribution < 1.29 is 8.78 Å². The van der Waals surface area contributed by atoms with E-state index in [2.05, 4.69) is 31.7 Å². The molecule has 0 saturated heterocycles. The Balaban J connectivity index is 1.47. The Morgan fingerprint density at radius 3 is 2.80 bits per heavy atom. The summed E-state index contributed by atoms with van der Waals surface area (Å²) in [5.74, 6) is -0.222. The molecule has 0 atom stereocenters. The molecule has 1 fully saturated rings. The van der Waals surface area contributed by atoms with Crippen LogP contribution in [0.5, 0.6) is 0 Å². The Hall–Kier alpha value is -3.21. The third-order valence-electron chi connectivity index (χ3n) is 5.66. The maximum absolute atomic E-state index is 14.0. The number of benzene rings is 1. The molecule has 6 nitrogen and oxygen atoms in total. The molecule has 156 valence electrons. The Morgan fingerprint density at radius 2 is 2.03 bits per heavy atom. The summed E-state index contributed by atoms with van der Waals surface area (Å²) in [6.45, 7) is 2.33. The predicted octanol–water partition coefficient (Wildman–Crippen LogP) is 4.82. The Morgan fingerprint density at radius 1 is 1.23 bits per heavy atom. The van der Waals surface area contributed by atoms with Gasteiger partial charge in [-0.15, -0.1) is 0 Å². The van der Waals surface area contributed by atoms with Crippen LogP contribution in [0.2, 0.25) is 0 Å². The van der Waals surface area contributed by atoms with Gasteiger partial charge >= 0.3 is 0 Å². The Kier molecular flexibility index (Phi) is 5.79. The van der Waals surface area contributed by atoms with Gasteiger partial charge in [0.2, 0.25) is 5.95 Å². The van der Waals surface area contributed by atoms with Gasteiger partial charge in [0.15, 0.2) is 0 Å². The van der Waals surface area contributed by atoms with E-state index in [1.807, 2.05) is 6.92 Å². The van der Waals surface area contributed by atoms with E-state index < -0.39 is 11.6 Å². The van der Waals surface area contributed by atoms with E-state index in [0.717, 1.165) is 30.2 Å². The molecule has 1 saturated carbocycles. The standard InChI is InChI=1S/C22H24F2N6/c1-13-17(18-9-15(23)10-19(24)20(18)28-13)7-8-26-22-27-12-14(11-25)21(30-22)29-16-5-3-2-4-6-16/h9-10,12,16,28H,2-8H2,1H3,(H2,26,27,29,30). The van der Waals surface area contributed by atoms with E-state index >= 15 is 0 Å². The van der Waals surface area contributed by atoms with E-state index in [0.29, 0.717) is 47.2 Å². The molecule has 2 aromatic heterocycles. The number of aromatic amines is 1. The maximum atomic E-state index is 14.0. The molecule has 0 amide bonds. The van der Waals surface area contributed by atoms with Crippen molar-refractivity contribution in [3.8, 4) is 6.07 Å². The average Bonchev–Trinajstić information content (AvgIpc) is 3.05. The fourth-order valence-corrected chi connectivity index (χ4v) is 4.12. The van der Waals surface area contributed by atoms with Crippen molar-refractivity contribution in [2.45, 2.75) is 51.5 Å². The van der Waals surface area contributed by atoms with Gasteiger partial charge in [-0.3, -0.25) is 0 Å². The second-order valence-corrected chi connectivity index (χ2v) is 7.76. The molecule has 3 aromatic rings. The third-order valence-corrected chi connectivity index (χ3v) is 5.66. The lowest BCUT2D eigenvalue weighted by Gasteiger charge is -2.23. The number of fused-ring (bicyclic) bond motifs is 1. The van der Waals surface area contributed by atoms with Gasteiger partial charge in [0.05, 0.1) is 11.7 Å². The molecule has 2 heterocycles. The van der Waals surface area contributed by atoms with Gasteiger partial charge in [-0.2, -0.15) is 10.2 Å². The van der Waals surface area contributed by atoms with Crippen LogP contribution in [0.1, 0.15) is 48.9 Å².